The molecule has 2 rings (SSSR count). The van der Waals surface area contributed by atoms with Crippen molar-refractivity contribution in [1.82, 2.24) is 0 Å². The predicted molar refractivity (Wildman–Crippen MR) is 74.1 cm³/mol. The Morgan fingerprint density at radius 2 is 2.09 bits per heavy atom. The molecule has 0 aliphatic carbocycles. The van der Waals surface area contributed by atoms with Crippen LogP contribution in [-0.2, 0) is 20.7 Å². The Morgan fingerprint density at radius 1 is 1.41 bits per heavy atom. The Kier molecular flexibility index (Phi) is 4.90. The van der Waals surface area contributed by atoms with Crippen LogP contribution < -0.4 is 0 Å². The van der Waals surface area contributed by atoms with Gasteiger partial charge in [0.2, 0.25) is 0 Å². The number of alkyl halides is 3. The minimum atomic E-state index is -4.74. The van der Waals surface area contributed by atoms with Gasteiger partial charge in [-0.15, -0.1) is 6.58 Å². The summed E-state index contributed by atoms with van der Waals surface area (Å²) in [6.45, 7) is 2.36. The highest BCUT2D eigenvalue weighted by Gasteiger charge is 2.67. The average Bonchev–Trinajstić information content (AvgIpc) is 2.93. The van der Waals surface area contributed by atoms with E-state index in [4.69, 9.17) is 9.47 Å². The lowest BCUT2D eigenvalue weighted by Crippen LogP contribution is -2.51. The first-order chi connectivity index (χ1) is 10.4. The van der Waals surface area contributed by atoms with Gasteiger partial charge in [0.05, 0.1) is 19.8 Å². The molecule has 1 saturated heterocycles. The van der Waals surface area contributed by atoms with Crippen LogP contribution in [0.3, 0.4) is 0 Å². The van der Waals surface area contributed by atoms with Crippen molar-refractivity contribution in [2.45, 2.75) is 12.6 Å². The predicted octanol–water partition coefficient (Wildman–Crippen LogP) is 3.15. The quantitative estimate of drug-likeness (QED) is 0.619. The second-order valence-electron chi connectivity index (χ2n) is 5.20. The number of benzene rings is 1. The number of ether oxygens (including phenoxy) is 2. The molecule has 1 aliphatic rings. The molecule has 2 atom stereocenters. The molecule has 0 aromatic heterocycles. The van der Waals surface area contributed by atoms with E-state index in [1.54, 1.807) is 0 Å². The van der Waals surface area contributed by atoms with Crippen LogP contribution in [0.2, 0.25) is 0 Å². The van der Waals surface area contributed by atoms with Gasteiger partial charge in [0.15, 0.2) is 5.41 Å². The smallest absolute Gasteiger partial charge is 0.407 e. The van der Waals surface area contributed by atoms with Crippen molar-refractivity contribution >= 4 is 5.97 Å². The van der Waals surface area contributed by atoms with E-state index in [2.05, 4.69) is 6.58 Å². The van der Waals surface area contributed by atoms with Crippen LogP contribution in [0, 0.1) is 11.3 Å². The molecule has 3 nitrogen and oxygen atoms in total. The zero-order valence-corrected chi connectivity index (χ0v) is 11.9. The first-order valence-electron chi connectivity index (χ1n) is 6.90. The van der Waals surface area contributed by atoms with Crippen LogP contribution in [0.15, 0.2) is 43.0 Å². The Labute approximate surface area is 126 Å². The van der Waals surface area contributed by atoms with Gasteiger partial charge in [-0.05, 0) is 5.56 Å². The normalized spacial score (nSPS) is 25.0. The molecule has 1 aromatic carbocycles. The van der Waals surface area contributed by atoms with Crippen LogP contribution in [0.25, 0.3) is 0 Å². The van der Waals surface area contributed by atoms with Crippen molar-refractivity contribution in [2.24, 2.45) is 11.3 Å². The van der Waals surface area contributed by atoms with E-state index in [0.717, 1.165) is 11.6 Å². The maximum absolute atomic E-state index is 13.4. The lowest BCUT2D eigenvalue weighted by atomic mass is 9.77. The second-order valence-corrected chi connectivity index (χ2v) is 5.20. The van der Waals surface area contributed by atoms with Crippen molar-refractivity contribution in [3.8, 4) is 0 Å². The van der Waals surface area contributed by atoms with Gasteiger partial charge in [-0.3, -0.25) is 4.79 Å². The van der Waals surface area contributed by atoms with E-state index in [1.165, 1.54) is 0 Å². The number of carbonyl (C=O) groups is 1. The van der Waals surface area contributed by atoms with Gasteiger partial charge in [-0.1, -0.05) is 36.4 Å². The highest BCUT2D eigenvalue weighted by Crippen LogP contribution is 2.49. The fourth-order valence-electron chi connectivity index (χ4n) is 2.52. The summed E-state index contributed by atoms with van der Waals surface area (Å²) in [4.78, 5) is 12.1. The zero-order chi connectivity index (χ0) is 16.2. The summed E-state index contributed by atoms with van der Waals surface area (Å²) < 4.78 is 50.1. The van der Waals surface area contributed by atoms with E-state index in [-0.39, 0.29) is 13.2 Å². The summed E-state index contributed by atoms with van der Waals surface area (Å²) in [5.74, 6) is -2.42. The summed E-state index contributed by atoms with van der Waals surface area (Å²) in [5.41, 5.74) is -1.76. The maximum Gasteiger partial charge on any atom is 0.407 e. The van der Waals surface area contributed by atoms with Crippen molar-refractivity contribution < 1.29 is 27.4 Å². The third-order valence-electron chi connectivity index (χ3n) is 3.88. The van der Waals surface area contributed by atoms with E-state index in [0.29, 0.717) is 6.42 Å². The van der Waals surface area contributed by atoms with Crippen LogP contribution >= 0.6 is 0 Å². The van der Waals surface area contributed by atoms with E-state index < -0.39 is 30.1 Å². The number of esters is 1. The van der Waals surface area contributed by atoms with Crippen molar-refractivity contribution in [1.29, 1.82) is 0 Å². The first-order valence-corrected chi connectivity index (χ1v) is 6.90. The molecule has 22 heavy (non-hydrogen) atoms. The highest BCUT2D eigenvalue weighted by atomic mass is 19.4. The third kappa shape index (κ3) is 3.02. The zero-order valence-electron chi connectivity index (χ0n) is 11.9. The molecule has 0 radical (unpaired) electrons. The third-order valence-corrected chi connectivity index (χ3v) is 3.88. The van der Waals surface area contributed by atoms with Gasteiger partial charge >= 0.3 is 12.1 Å². The fraction of sp³-hybridized carbons (Fsp3) is 0.438. The number of hydrogen-bond acceptors (Lipinski definition) is 3. The molecule has 0 amide bonds. The molecule has 120 valence electrons. The Bertz CT molecular complexity index is 527. The number of halogens is 3. The van der Waals surface area contributed by atoms with Gasteiger partial charge < -0.3 is 9.47 Å². The highest BCUT2D eigenvalue weighted by molar-refractivity contribution is 5.79. The Morgan fingerprint density at radius 3 is 2.68 bits per heavy atom. The number of carbonyl (C=O) groups excluding carboxylic acids is 1. The van der Waals surface area contributed by atoms with Crippen molar-refractivity contribution in [3.05, 3.63) is 48.6 Å². The Balaban J connectivity index is 2.06. The van der Waals surface area contributed by atoms with Crippen molar-refractivity contribution in [3.63, 3.8) is 0 Å². The first kappa shape index (κ1) is 16.5. The molecule has 0 bridgehead atoms. The van der Waals surface area contributed by atoms with E-state index >= 15 is 0 Å². The monoisotopic (exact) mass is 314 g/mol. The summed E-state index contributed by atoms with van der Waals surface area (Å²) in [7, 11) is 0. The fourth-order valence-corrected chi connectivity index (χ4v) is 2.52. The molecule has 6 heteroatoms. The van der Waals surface area contributed by atoms with Crippen LogP contribution in [0.1, 0.15) is 5.56 Å². The lowest BCUT2D eigenvalue weighted by Gasteiger charge is -2.31. The van der Waals surface area contributed by atoms with Gasteiger partial charge in [0.25, 0.3) is 0 Å². The van der Waals surface area contributed by atoms with Gasteiger partial charge in [0, 0.05) is 12.3 Å². The molecule has 0 saturated carbocycles. The summed E-state index contributed by atoms with van der Waals surface area (Å²) in [5, 5.41) is 0. The lowest BCUT2D eigenvalue weighted by molar-refractivity contribution is -0.239. The molecule has 1 heterocycles. The number of rotatable bonds is 5. The Hall–Kier alpha value is -1.82. The summed E-state index contributed by atoms with van der Waals surface area (Å²) in [6.07, 6.45) is -3.27. The van der Waals surface area contributed by atoms with Gasteiger partial charge in [-0.2, -0.15) is 13.2 Å². The maximum atomic E-state index is 13.4. The minimum absolute atomic E-state index is 0.107. The van der Waals surface area contributed by atoms with E-state index in [9.17, 15) is 18.0 Å². The second kappa shape index (κ2) is 6.52. The molecule has 2 unspecified atom stereocenters. The van der Waals surface area contributed by atoms with Gasteiger partial charge in [0.1, 0.15) is 0 Å². The minimum Gasteiger partial charge on any atom is -0.465 e. The van der Waals surface area contributed by atoms with Crippen LogP contribution in [0.4, 0.5) is 13.2 Å². The molecule has 1 aromatic rings. The SMILES string of the molecule is C=CC1COCC1(C(=O)OCCc1ccccc1)C(F)(F)F. The topological polar surface area (TPSA) is 35.5 Å². The van der Waals surface area contributed by atoms with Crippen molar-refractivity contribution in [2.75, 3.05) is 19.8 Å². The average molecular weight is 314 g/mol. The molecule has 0 spiro atoms. The largest absolute Gasteiger partial charge is 0.465 e. The number of hydrogen-bond donors (Lipinski definition) is 0. The molecule has 1 fully saturated rings. The molecular weight excluding hydrogens is 297 g/mol. The van der Waals surface area contributed by atoms with Crippen LogP contribution in [0.5, 0.6) is 0 Å². The van der Waals surface area contributed by atoms with Gasteiger partial charge in [-0.25, -0.2) is 0 Å². The molecule has 0 N–H and O–H groups in total. The van der Waals surface area contributed by atoms with E-state index in [1.807, 2.05) is 30.3 Å². The summed E-state index contributed by atoms with van der Waals surface area (Å²) in [6, 6.07) is 9.09. The summed E-state index contributed by atoms with van der Waals surface area (Å²) >= 11 is 0. The molecular formula is C16H17F3O3. The molecule has 1 aliphatic heterocycles. The standard InChI is InChI=1S/C16H17F3O3/c1-2-13-10-21-11-15(13,16(17,18)19)14(20)22-9-8-12-6-4-3-5-7-12/h2-7,13H,1,8-11H2. The van der Waals surface area contributed by atoms with Crippen LogP contribution in [-0.4, -0.2) is 32.0 Å².